The predicted molar refractivity (Wildman–Crippen MR) is 74.8 cm³/mol. The van der Waals surface area contributed by atoms with Crippen LogP contribution in [0.2, 0.25) is 0 Å². The van der Waals surface area contributed by atoms with Gasteiger partial charge in [-0.2, -0.15) is 5.10 Å². The Morgan fingerprint density at radius 3 is 2.90 bits per heavy atom. The maximum absolute atomic E-state index is 12.1. The number of rotatable bonds is 6. The van der Waals surface area contributed by atoms with Gasteiger partial charge in [-0.25, -0.2) is 13.1 Å². The zero-order valence-corrected chi connectivity index (χ0v) is 11.8. The van der Waals surface area contributed by atoms with Crippen LogP contribution in [0, 0.1) is 0 Å². The molecule has 0 radical (unpaired) electrons. The molecular formula is C12H16N4O3S. The molecule has 0 aliphatic carbocycles. The molecule has 0 saturated heterocycles. The molecule has 1 heterocycles. The Morgan fingerprint density at radius 1 is 1.45 bits per heavy atom. The highest BCUT2D eigenvalue weighted by atomic mass is 32.2. The van der Waals surface area contributed by atoms with Gasteiger partial charge in [0.1, 0.15) is 5.75 Å². The van der Waals surface area contributed by atoms with Gasteiger partial charge in [-0.3, -0.25) is 4.68 Å². The van der Waals surface area contributed by atoms with E-state index in [1.165, 1.54) is 25.3 Å². The first-order valence-corrected chi connectivity index (χ1v) is 7.42. The zero-order valence-electron chi connectivity index (χ0n) is 11.0. The van der Waals surface area contributed by atoms with E-state index >= 15 is 0 Å². The number of hydrogen-bond acceptors (Lipinski definition) is 5. The van der Waals surface area contributed by atoms with E-state index in [0.717, 1.165) is 0 Å². The minimum absolute atomic E-state index is 0.115. The fraction of sp³-hybridized carbons (Fsp3) is 0.250. The molecule has 0 unspecified atom stereocenters. The van der Waals surface area contributed by atoms with E-state index in [1.807, 2.05) is 0 Å². The van der Waals surface area contributed by atoms with Gasteiger partial charge in [-0.05, 0) is 18.2 Å². The summed E-state index contributed by atoms with van der Waals surface area (Å²) in [5, 5.41) is 3.99. The van der Waals surface area contributed by atoms with Crippen molar-refractivity contribution in [3.8, 4) is 5.75 Å². The Bertz CT molecular complexity index is 668. The molecule has 0 saturated carbocycles. The molecule has 0 amide bonds. The first-order valence-electron chi connectivity index (χ1n) is 5.93. The van der Waals surface area contributed by atoms with E-state index in [0.29, 0.717) is 18.0 Å². The fourth-order valence-corrected chi connectivity index (χ4v) is 2.71. The Kier molecular flexibility index (Phi) is 4.26. The normalized spacial score (nSPS) is 11.4. The van der Waals surface area contributed by atoms with Crippen molar-refractivity contribution in [2.24, 2.45) is 0 Å². The Morgan fingerprint density at radius 2 is 2.25 bits per heavy atom. The van der Waals surface area contributed by atoms with Gasteiger partial charge in [0.05, 0.1) is 24.2 Å². The average molecular weight is 296 g/mol. The molecule has 7 nitrogen and oxygen atoms in total. The van der Waals surface area contributed by atoms with Crippen molar-refractivity contribution in [2.45, 2.75) is 11.4 Å². The van der Waals surface area contributed by atoms with Crippen LogP contribution in [0.1, 0.15) is 0 Å². The number of nitrogens with zero attached hydrogens (tertiary/aromatic N) is 2. The summed E-state index contributed by atoms with van der Waals surface area (Å²) in [5.74, 6) is 0.333. The minimum Gasteiger partial charge on any atom is -0.495 e. The van der Waals surface area contributed by atoms with Crippen molar-refractivity contribution in [2.75, 3.05) is 19.4 Å². The van der Waals surface area contributed by atoms with Gasteiger partial charge in [0.2, 0.25) is 10.0 Å². The second kappa shape index (κ2) is 5.93. The molecule has 0 fully saturated rings. The van der Waals surface area contributed by atoms with E-state index in [2.05, 4.69) is 9.82 Å². The summed E-state index contributed by atoms with van der Waals surface area (Å²) in [4.78, 5) is 0.115. The Labute approximate surface area is 117 Å². The van der Waals surface area contributed by atoms with Gasteiger partial charge in [-0.1, -0.05) is 0 Å². The van der Waals surface area contributed by atoms with Crippen molar-refractivity contribution in [1.82, 2.24) is 14.5 Å². The number of methoxy groups -OCH3 is 1. The van der Waals surface area contributed by atoms with E-state index < -0.39 is 10.0 Å². The van der Waals surface area contributed by atoms with Crippen LogP contribution >= 0.6 is 0 Å². The summed E-state index contributed by atoms with van der Waals surface area (Å²) in [5.41, 5.74) is 6.05. The number of sulfonamides is 1. The summed E-state index contributed by atoms with van der Waals surface area (Å²) < 4.78 is 33.4. The fourth-order valence-electron chi connectivity index (χ4n) is 1.67. The van der Waals surface area contributed by atoms with Gasteiger partial charge in [0, 0.05) is 25.0 Å². The molecule has 0 bridgehead atoms. The highest BCUT2D eigenvalue weighted by Gasteiger charge is 2.15. The zero-order chi connectivity index (χ0) is 14.6. The SMILES string of the molecule is COc1cc(S(=O)(=O)NCCn2cccn2)ccc1N. The topological polar surface area (TPSA) is 99.2 Å². The van der Waals surface area contributed by atoms with Crippen molar-refractivity contribution >= 4 is 15.7 Å². The monoisotopic (exact) mass is 296 g/mol. The number of nitrogens with two attached hydrogens (primary N) is 1. The smallest absolute Gasteiger partial charge is 0.240 e. The van der Waals surface area contributed by atoms with Gasteiger partial charge in [0.25, 0.3) is 0 Å². The third kappa shape index (κ3) is 3.28. The van der Waals surface area contributed by atoms with Gasteiger partial charge < -0.3 is 10.5 Å². The summed E-state index contributed by atoms with van der Waals surface area (Å²) in [6, 6.07) is 6.11. The van der Waals surface area contributed by atoms with Crippen LogP contribution in [0.4, 0.5) is 5.69 Å². The quantitative estimate of drug-likeness (QED) is 0.754. The largest absolute Gasteiger partial charge is 0.495 e. The van der Waals surface area contributed by atoms with Gasteiger partial charge in [0.15, 0.2) is 0 Å². The molecule has 1 aromatic carbocycles. The molecule has 2 aromatic rings. The summed E-state index contributed by atoms with van der Waals surface area (Å²) in [6.07, 6.45) is 3.40. The second-order valence-electron chi connectivity index (χ2n) is 4.07. The summed E-state index contributed by atoms with van der Waals surface area (Å²) in [7, 11) is -2.15. The van der Waals surface area contributed by atoms with Crippen molar-refractivity contribution in [3.05, 3.63) is 36.7 Å². The number of ether oxygens (including phenoxy) is 1. The molecule has 108 valence electrons. The van der Waals surface area contributed by atoms with Crippen LogP contribution in [-0.4, -0.2) is 31.9 Å². The molecular weight excluding hydrogens is 280 g/mol. The third-order valence-corrected chi connectivity index (χ3v) is 4.17. The van der Waals surface area contributed by atoms with E-state index in [-0.39, 0.29) is 11.4 Å². The number of anilines is 1. The van der Waals surface area contributed by atoms with Crippen LogP contribution in [-0.2, 0) is 16.6 Å². The van der Waals surface area contributed by atoms with Crippen molar-refractivity contribution in [3.63, 3.8) is 0 Å². The number of nitrogen functional groups attached to an aromatic ring is 1. The lowest BCUT2D eigenvalue weighted by Gasteiger charge is -2.09. The van der Waals surface area contributed by atoms with Crippen LogP contribution in [0.3, 0.4) is 0 Å². The lowest BCUT2D eigenvalue weighted by molar-refractivity contribution is 0.415. The highest BCUT2D eigenvalue weighted by molar-refractivity contribution is 7.89. The molecule has 1 aromatic heterocycles. The molecule has 0 atom stereocenters. The minimum atomic E-state index is -3.59. The average Bonchev–Trinajstić information content (AvgIpc) is 2.92. The maximum Gasteiger partial charge on any atom is 0.240 e. The van der Waals surface area contributed by atoms with Crippen LogP contribution in [0.5, 0.6) is 5.75 Å². The number of nitrogens with one attached hydrogen (secondary N) is 1. The predicted octanol–water partition coefficient (Wildman–Crippen LogP) is 0.452. The standard InChI is InChI=1S/C12H16N4O3S/c1-19-12-9-10(3-4-11(12)13)20(17,18)15-6-8-16-7-2-5-14-16/h2-5,7,9,15H,6,8,13H2,1H3. The van der Waals surface area contributed by atoms with Crippen molar-refractivity contribution < 1.29 is 13.2 Å². The first kappa shape index (κ1) is 14.4. The van der Waals surface area contributed by atoms with Gasteiger partial charge >= 0.3 is 0 Å². The lowest BCUT2D eigenvalue weighted by atomic mass is 10.3. The molecule has 8 heteroatoms. The molecule has 3 N–H and O–H groups in total. The third-order valence-electron chi connectivity index (χ3n) is 2.71. The first-order chi connectivity index (χ1) is 9.53. The van der Waals surface area contributed by atoms with E-state index in [1.54, 1.807) is 23.1 Å². The highest BCUT2D eigenvalue weighted by Crippen LogP contribution is 2.24. The second-order valence-corrected chi connectivity index (χ2v) is 5.84. The Hall–Kier alpha value is -2.06. The van der Waals surface area contributed by atoms with E-state index in [9.17, 15) is 8.42 Å². The number of benzene rings is 1. The molecule has 0 aliphatic heterocycles. The molecule has 2 rings (SSSR count). The van der Waals surface area contributed by atoms with Crippen molar-refractivity contribution in [1.29, 1.82) is 0 Å². The summed E-state index contributed by atoms with van der Waals surface area (Å²) in [6.45, 7) is 0.703. The van der Waals surface area contributed by atoms with Gasteiger partial charge in [-0.15, -0.1) is 0 Å². The van der Waals surface area contributed by atoms with E-state index in [4.69, 9.17) is 10.5 Å². The number of aromatic nitrogens is 2. The molecule has 0 aliphatic rings. The molecule has 0 spiro atoms. The van der Waals surface area contributed by atoms with Crippen LogP contribution in [0.15, 0.2) is 41.6 Å². The Balaban J connectivity index is 2.06. The molecule has 20 heavy (non-hydrogen) atoms. The number of hydrogen-bond donors (Lipinski definition) is 2. The lowest BCUT2D eigenvalue weighted by Crippen LogP contribution is -2.27. The maximum atomic E-state index is 12.1. The van der Waals surface area contributed by atoms with Crippen LogP contribution < -0.4 is 15.2 Å². The summed E-state index contributed by atoms with van der Waals surface area (Å²) >= 11 is 0. The van der Waals surface area contributed by atoms with Crippen LogP contribution in [0.25, 0.3) is 0 Å².